The van der Waals surface area contributed by atoms with E-state index in [0.29, 0.717) is 11.0 Å². The van der Waals surface area contributed by atoms with E-state index in [1.165, 1.54) is 0 Å². The second kappa shape index (κ2) is 7.93. The van der Waals surface area contributed by atoms with E-state index in [0.717, 1.165) is 6.92 Å². The van der Waals surface area contributed by atoms with Crippen LogP contribution in [-0.2, 0) is 10.0 Å². The van der Waals surface area contributed by atoms with Gasteiger partial charge in [0.2, 0.25) is 0 Å². The first-order chi connectivity index (χ1) is 11.7. The highest BCUT2D eigenvalue weighted by atomic mass is 32.2. The van der Waals surface area contributed by atoms with Crippen LogP contribution in [0.2, 0.25) is 0 Å². The molecule has 164 valence electrons. The average molecular weight is 441 g/mol. The number of hydrogen-bond acceptors (Lipinski definition) is 2. The summed E-state index contributed by atoms with van der Waals surface area (Å²) < 4.78 is 140. The molecule has 0 aromatic carbocycles. The minimum Gasteiger partial charge on any atom is -0.329 e. The zero-order chi connectivity index (χ0) is 22.1. The summed E-state index contributed by atoms with van der Waals surface area (Å²) in [6, 6.07) is 0. The molecule has 0 bridgehead atoms. The number of halogens is 9. The lowest BCUT2D eigenvalue weighted by molar-refractivity contribution is -0.888. The smallest absolute Gasteiger partial charge is 0.329 e. The Hall–Kier alpha value is -0.760. The molecule has 0 radical (unpaired) electrons. The molecule has 0 aromatic rings. The molecule has 0 aliphatic rings. The molecule has 0 saturated carbocycles. The maximum absolute atomic E-state index is 13.8. The summed E-state index contributed by atoms with van der Waals surface area (Å²) in [5.41, 5.74) is 0. The van der Waals surface area contributed by atoms with Gasteiger partial charge in [0.25, 0.3) is 10.0 Å². The molecule has 0 heterocycles. The Morgan fingerprint density at radius 3 is 1.63 bits per heavy atom. The summed E-state index contributed by atoms with van der Waals surface area (Å²) in [6.07, 6.45) is -7.18. The molecule has 0 amide bonds. The Labute approximate surface area is 151 Å². The fraction of sp³-hybridized carbons (Fsp3) is 1.00. The van der Waals surface area contributed by atoms with Gasteiger partial charge in [0.05, 0.1) is 27.2 Å². The maximum Gasteiger partial charge on any atom is 0.460 e. The maximum atomic E-state index is 13.8. The molecule has 0 aliphatic carbocycles. The van der Waals surface area contributed by atoms with Gasteiger partial charge in [0, 0.05) is 19.5 Å². The number of hydrogen-bond donors (Lipinski definition) is 0. The van der Waals surface area contributed by atoms with Gasteiger partial charge >= 0.3 is 23.3 Å². The largest absolute Gasteiger partial charge is 0.460 e. The van der Waals surface area contributed by atoms with E-state index >= 15 is 0 Å². The monoisotopic (exact) mass is 441 g/mol. The predicted octanol–water partition coefficient (Wildman–Crippen LogP) is 3.55. The van der Waals surface area contributed by atoms with Crippen molar-refractivity contribution in [3.8, 4) is 0 Å². The Morgan fingerprint density at radius 2 is 1.30 bits per heavy atom. The van der Waals surface area contributed by atoms with Gasteiger partial charge in [0.1, 0.15) is 0 Å². The van der Waals surface area contributed by atoms with Crippen LogP contribution in [0, 0.1) is 0 Å². The van der Waals surface area contributed by atoms with Crippen LogP contribution in [0.1, 0.15) is 20.3 Å². The van der Waals surface area contributed by atoms with E-state index in [1.807, 2.05) is 0 Å². The van der Waals surface area contributed by atoms with Crippen LogP contribution in [0.25, 0.3) is 0 Å². The molecule has 27 heavy (non-hydrogen) atoms. The Morgan fingerprint density at radius 1 is 0.852 bits per heavy atom. The van der Waals surface area contributed by atoms with E-state index in [9.17, 15) is 47.9 Å². The van der Waals surface area contributed by atoms with Crippen molar-refractivity contribution < 1.29 is 52.4 Å². The highest BCUT2D eigenvalue weighted by Gasteiger charge is 2.85. The van der Waals surface area contributed by atoms with Crippen molar-refractivity contribution in [3.05, 3.63) is 0 Å². The van der Waals surface area contributed by atoms with E-state index in [1.54, 1.807) is 21.0 Å². The summed E-state index contributed by atoms with van der Waals surface area (Å²) in [5, 5.41) is -6.68. The van der Waals surface area contributed by atoms with Crippen LogP contribution in [0.5, 0.6) is 0 Å². The SMILES string of the molecule is CCN(CCC[N+](C)(C)CC)S(=O)(=O)C(F)(F)C(F)(F)C(F)(F)C(F)(F)F. The molecular weight excluding hydrogens is 419 g/mol. The van der Waals surface area contributed by atoms with E-state index in [2.05, 4.69) is 0 Å². The highest BCUT2D eigenvalue weighted by molar-refractivity contribution is 7.90. The van der Waals surface area contributed by atoms with Gasteiger partial charge in [-0.3, -0.25) is 0 Å². The normalized spacial score (nSPS) is 15.5. The van der Waals surface area contributed by atoms with E-state index in [-0.39, 0.29) is 17.3 Å². The summed E-state index contributed by atoms with van der Waals surface area (Å²) in [5.74, 6) is -14.5. The second-order valence-electron chi connectivity index (χ2n) is 6.49. The zero-order valence-corrected chi connectivity index (χ0v) is 15.9. The standard InChI is InChI=1S/C13H22F9N2O2S/c1-5-23(8-7-9-24(3,4)6-2)27(25,26)13(21,22)11(16,17)10(14,15)12(18,19)20/h5-9H2,1-4H3/q+1. The van der Waals surface area contributed by atoms with Gasteiger partial charge in [0.15, 0.2) is 0 Å². The van der Waals surface area contributed by atoms with Gasteiger partial charge in [-0.15, -0.1) is 0 Å². The molecule has 4 nitrogen and oxygen atoms in total. The quantitative estimate of drug-likeness (QED) is 0.384. The van der Waals surface area contributed by atoms with Crippen molar-refractivity contribution in [2.45, 2.75) is 43.5 Å². The zero-order valence-electron chi connectivity index (χ0n) is 15.1. The summed E-state index contributed by atoms with van der Waals surface area (Å²) in [4.78, 5) is 0. The van der Waals surface area contributed by atoms with Crippen LogP contribution < -0.4 is 0 Å². The number of quaternary nitrogens is 1. The highest BCUT2D eigenvalue weighted by Crippen LogP contribution is 2.55. The van der Waals surface area contributed by atoms with Crippen molar-refractivity contribution in [1.82, 2.24) is 4.31 Å². The van der Waals surface area contributed by atoms with Crippen molar-refractivity contribution in [2.24, 2.45) is 0 Å². The third-order valence-electron chi connectivity index (χ3n) is 4.16. The molecule has 0 aliphatic heterocycles. The molecule has 14 heteroatoms. The summed E-state index contributed by atoms with van der Waals surface area (Å²) >= 11 is 0. The number of alkyl halides is 9. The molecule has 0 N–H and O–H groups in total. The molecule has 0 unspecified atom stereocenters. The first kappa shape index (κ1) is 26.2. The average Bonchev–Trinajstić information content (AvgIpc) is 2.49. The Balaban J connectivity index is 5.80. The van der Waals surface area contributed by atoms with Gasteiger partial charge < -0.3 is 4.48 Å². The van der Waals surface area contributed by atoms with Gasteiger partial charge in [-0.1, -0.05) is 6.92 Å². The van der Waals surface area contributed by atoms with E-state index < -0.39 is 46.4 Å². The lowest BCUT2D eigenvalue weighted by Gasteiger charge is -2.35. The topological polar surface area (TPSA) is 37.4 Å². The Kier molecular flexibility index (Phi) is 7.71. The fourth-order valence-corrected chi connectivity index (χ4v) is 3.45. The third kappa shape index (κ3) is 4.81. The molecule has 0 rings (SSSR count). The summed E-state index contributed by atoms with van der Waals surface area (Å²) in [6.45, 7) is 1.96. The van der Waals surface area contributed by atoms with E-state index in [4.69, 9.17) is 0 Å². The lowest BCUT2D eigenvalue weighted by atomic mass is 10.1. The van der Waals surface area contributed by atoms with Crippen molar-refractivity contribution in [2.75, 3.05) is 40.3 Å². The first-order valence-corrected chi connectivity index (χ1v) is 9.18. The third-order valence-corrected chi connectivity index (χ3v) is 6.18. The number of rotatable bonds is 10. The lowest BCUT2D eigenvalue weighted by Crippen LogP contribution is -2.65. The fourth-order valence-electron chi connectivity index (χ4n) is 1.97. The second-order valence-corrected chi connectivity index (χ2v) is 8.47. The van der Waals surface area contributed by atoms with Crippen LogP contribution in [0.15, 0.2) is 0 Å². The summed E-state index contributed by atoms with van der Waals surface area (Å²) in [7, 11) is -3.10. The minimum absolute atomic E-state index is 0.106. The molecular formula is C13H22F9N2O2S+. The predicted molar refractivity (Wildman–Crippen MR) is 79.2 cm³/mol. The van der Waals surface area contributed by atoms with Crippen LogP contribution >= 0.6 is 0 Å². The first-order valence-electron chi connectivity index (χ1n) is 7.74. The van der Waals surface area contributed by atoms with Crippen LogP contribution in [0.4, 0.5) is 39.5 Å². The molecule has 0 atom stereocenters. The molecule has 0 saturated heterocycles. The molecule has 0 aromatic heterocycles. The number of sulfonamides is 1. The van der Waals surface area contributed by atoms with Crippen molar-refractivity contribution >= 4 is 10.0 Å². The molecule has 0 spiro atoms. The van der Waals surface area contributed by atoms with Gasteiger partial charge in [-0.05, 0) is 6.92 Å². The van der Waals surface area contributed by atoms with Gasteiger partial charge in [-0.25, -0.2) is 8.42 Å². The minimum atomic E-state index is -7.25. The number of nitrogens with zero attached hydrogens (tertiary/aromatic N) is 2. The van der Waals surface area contributed by atoms with Crippen LogP contribution in [-0.4, -0.2) is 80.8 Å². The van der Waals surface area contributed by atoms with Crippen LogP contribution in [0.3, 0.4) is 0 Å². The van der Waals surface area contributed by atoms with Crippen molar-refractivity contribution in [1.29, 1.82) is 0 Å². The van der Waals surface area contributed by atoms with Gasteiger partial charge in [-0.2, -0.15) is 43.8 Å². The molecule has 0 fully saturated rings. The van der Waals surface area contributed by atoms with Crippen molar-refractivity contribution in [3.63, 3.8) is 0 Å². The Bertz CT molecular complexity index is 603.